The van der Waals surface area contributed by atoms with Gasteiger partial charge in [-0.25, -0.2) is 15.0 Å². The van der Waals surface area contributed by atoms with Crippen molar-refractivity contribution in [2.75, 3.05) is 25.0 Å². The molecular weight excluding hydrogens is 366 g/mol. The summed E-state index contributed by atoms with van der Waals surface area (Å²) in [4.78, 5) is 27.6. The molecule has 0 radical (unpaired) electrons. The van der Waals surface area contributed by atoms with Crippen LogP contribution in [0.3, 0.4) is 0 Å². The fourth-order valence-electron chi connectivity index (χ4n) is 3.77. The number of aromatic nitrogens is 4. The molecule has 8 nitrogen and oxygen atoms in total. The lowest BCUT2D eigenvalue weighted by molar-refractivity contribution is 0.0952. The molecule has 1 aliphatic heterocycles. The number of hydrogen-bond acceptors (Lipinski definition) is 6. The number of imidazole rings is 1. The molecule has 0 spiro atoms. The van der Waals surface area contributed by atoms with Gasteiger partial charge in [-0.1, -0.05) is 6.07 Å². The Hall–Kier alpha value is -3.00. The summed E-state index contributed by atoms with van der Waals surface area (Å²) in [5.41, 5.74) is 5.19. The normalized spacial score (nSPS) is 16.6. The Morgan fingerprint density at radius 2 is 2.07 bits per heavy atom. The number of carbonyl (C=O) groups is 1. The zero-order valence-corrected chi connectivity index (χ0v) is 17.4. The molecule has 3 aromatic heterocycles. The molecule has 4 rings (SSSR count). The Bertz CT molecular complexity index is 1060. The molecule has 1 fully saturated rings. The van der Waals surface area contributed by atoms with E-state index in [1.165, 1.54) is 5.56 Å². The van der Waals surface area contributed by atoms with Crippen LogP contribution in [0.25, 0.3) is 5.65 Å². The standard InChI is InChI=1S/C21H27N7O/c1-13-5-6-18-24-10-17(28(18)11-13)9-23-16-7-8-27(12-16)20-14(2)15(3)25-19(26-20)21(29)22-4/h5-6,10-11,16,23H,7-9,12H2,1-4H3,(H,22,29)/t16-/m1/s1. The maximum atomic E-state index is 12.0. The summed E-state index contributed by atoms with van der Waals surface area (Å²) in [7, 11) is 1.60. The largest absolute Gasteiger partial charge is 0.355 e. The number of pyridine rings is 1. The quantitative estimate of drug-likeness (QED) is 0.687. The van der Waals surface area contributed by atoms with E-state index in [1.54, 1.807) is 7.05 Å². The van der Waals surface area contributed by atoms with Gasteiger partial charge < -0.3 is 19.9 Å². The van der Waals surface area contributed by atoms with Crippen molar-refractivity contribution >= 4 is 17.4 Å². The topological polar surface area (TPSA) is 87.5 Å². The Balaban J connectivity index is 1.46. The number of nitrogens with zero attached hydrogens (tertiary/aromatic N) is 5. The zero-order chi connectivity index (χ0) is 20.5. The average molecular weight is 393 g/mol. The Morgan fingerprint density at radius 3 is 2.86 bits per heavy atom. The predicted molar refractivity (Wildman–Crippen MR) is 112 cm³/mol. The lowest BCUT2D eigenvalue weighted by atomic mass is 10.2. The van der Waals surface area contributed by atoms with Crippen molar-refractivity contribution in [1.82, 2.24) is 30.0 Å². The summed E-state index contributed by atoms with van der Waals surface area (Å²) < 4.78 is 2.14. The molecule has 0 unspecified atom stereocenters. The van der Waals surface area contributed by atoms with Gasteiger partial charge in [-0.15, -0.1) is 0 Å². The SMILES string of the molecule is CNC(=O)c1nc(C)c(C)c(N2CC[C@@H](NCc3cnc4ccc(C)cn34)C2)n1. The van der Waals surface area contributed by atoms with Crippen molar-refractivity contribution in [2.24, 2.45) is 0 Å². The van der Waals surface area contributed by atoms with Crippen LogP contribution in [0.15, 0.2) is 24.5 Å². The van der Waals surface area contributed by atoms with Crippen molar-refractivity contribution in [3.8, 4) is 0 Å². The Labute approximate surface area is 170 Å². The predicted octanol–water partition coefficient (Wildman–Crippen LogP) is 1.78. The van der Waals surface area contributed by atoms with E-state index in [1.807, 2.05) is 26.1 Å². The number of rotatable bonds is 5. The highest BCUT2D eigenvalue weighted by atomic mass is 16.2. The van der Waals surface area contributed by atoms with E-state index >= 15 is 0 Å². The molecule has 3 aromatic rings. The lowest BCUT2D eigenvalue weighted by Gasteiger charge is -2.21. The fourth-order valence-corrected chi connectivity index (χ4v) is 3.77. The first kappa shape index (κ1) is 19.3. The van der Waals surface area contributed by atoms with Gasteiger partial charge in [-0.3, -0.25) is 4.79 Å². The number of amides is 1. The van der Waals surface area contributed by atoms with E-state index in [0.29, 0.717) is 6.04 Å². The minimum absolute atomic E-state index is 0.225. The maximum absolute atomic E-state index is 12.0. The van der Waals surface area contributed by atoms with E-state index in [4.69, 9.17) is 0 Å². The van der Waals surface area contributed by atoms with Crippen LogP contribution in [-0.4, -0.2) is 51.4 Å². The highest BCUT2D eigenvalue weighted by Gasteiger charge is 2.26. The van der Waals surface area contributed by atoms with Crippen LogP contribution >= 0.6 is 0 Å². The molecule has 2 N–H and O–H groups in total. The molecule has 8 heteroatoms. The van der Waals surface area contributed by atoms with Gasteiger partial charge in [0.25, 0.3) is 5.91 Å². The van der Waals surface area contributed by atoms with Crippen molar-refractivity contribution in [3.05, 3.63) is 52.9 Å². The molecule has 29 heavy (non-hydrogen) atoms. The highest BCUT2D eigenvalue weighted by molar-refractivity contribution is 5.90. The van der Waals surface area contributed by atoms with Gasteiger partial charge >= 0.3 is 0 Å². The molecule has 1 amide bonds. The van der Waals surface area contributed by atoms with Crippen LogP contribution in [0, 0.1) is 20.8 Å². The first-order valence-electron chi connectivity index (χ1n) is 9.94. The van der Waals surface area contributed by atoms with Crippen LogP contribution in [-0.2, 0) is 6.54 Å². The number of aryl methyl sites for hydroxylation is 2. The smallest absolute Gasteiger partial charge is 0.288 e. The third-order valence-electron chi connectivity index (χ3n) is 5.58. The molecular formula is C21H27N7O. The van der Waals surface area contributed by atoms with Gasteiger partial charge in [-0.2, -0.15) is 0 Å². The number of carbonyl (C=O) groups excluding carboxylic acids is 1. The molecule has 0 bridgehead atoms. The molecule has 0 aromatic carbocycles. The summed E-state index contributed by atoms with van der Waals surface area (Å²) in [6, 6.07) is 4.47. The number of anilines is 1. The van der Waals surface area contributed by atoms with Gasteiger partial charge in [0.05, 0.1) is 11.9 Å². The van der Waals surface area contributed by atoms with Crippen LogP contribution < -0.4 is 15.5 Å². The first-order chi connectivity index (χ1) is 14.0. The van der Waals surface area contributed by atoms with Crippen LogP contribution in [0.5, 0.6) is 0 Å². The highest BCUT2D eigenvalue weighted by Crippen LogP contribution is 2.24. The molecule has 0 aliphatic carbocycles. The van der Waals surface area contributed by atoms with Gasteiger partial charge in [0.15, 0.2) is 0 Å². The van der Waals surface area contributed by atoms with Gasteiger partial charge in [0.1, 0.15) is 11.5 Å². The molecule has 4 heterocycles. The fraction of sp³-hybridized carbons (Fsp3) is 0.429. The number of nitrogens with one attached hydrogen (secondary N) is 2. The summed E-state index contributed by atoms with van der Waals surface area (Å²) >= 11 is 0. The first-order valence-corrected chi connectivity index (χ1v) is 9.94. The van der Waals surface area contributed by atoms with Gasteiger partial charge in [-0.05, 0) is 38.8 Å². The second-order valence-electron chi connectivity index (χ2n) is 7.66. The minimum atomic E-state index is -0.258. The van der Waals surface area contributed by atoms with Crippen molar-refractivity contribution in [1.29, 1.82) is 0 Å². The molecule has 152 valence electrons. The van der Waals surface area contributed by atoms with Crippen molar-refractivity contribution in [2.45, 2.75) is 39.8 Å². The summed E-state index contributed by atoms with van der Waals surface area (Å²) in [6.07, 6.45) is 5.07. The lowest BCUT2D eigenvalue weighted by Crippen LogP contribution is -2.33. The van der Waals surface area contributed by atoms with E-state index in [0.717, 1.165) is 54.5 Å². The number of hydrogen-bond donors (Lipinski definition) is 2. The molecule has 1 aliphatic rings. The summed E-state index contributed by atoms with van der Waals surface area (Å²) in [6.45, 7) is 8.53. The summed E-state index contributed by atoms with van der Waals surface area (Å²) in [5, 5.41) is 6.26. The van der Waals surface area contributed by atoms with Crippen molar-refractivity contribution < 1.29 is 4.79 Å². The van der Waals surface area contributed by atoms with Gasteiger partial charge in [0, 0.05) is 50.2 Å². The summed E-state index contributed by atoms with van der Waals surface area (Å²) in [5.74, 6) is 0.820. The monoisotopic (exact) mass is 393 g/mol. The van der Waals surface area contributed by atoms with Crippen LogP contribution in [0.1, 0.15) is 39.6 Å². The second-order valence-corrected chi connectivity index (χ2v) is 7.66. The maximum Gasteiger partial charge on any atom is 0.288 e. The Kier molecular flexibility index (Phi) is 5.19. The average Bonchev–Trinajstić information content (AvgIpc) is 3.34. The number of fused-ring (bicyclic) bond motifs is 1. The van der Waals surface area contributed by atoms with E-state index < -0.39 is 0 Å². The Morgan fingerprint density at radius 1 is 1.24 bits per heavy atom. The van der Waals surface area contributed by atoms with Crippen LogP contribution in [0.2, 0.25) is 0 Å². The molecule has 1 saturated heterocycles. The molecule has 1 atom stereocenters. The van der Waals surface area contributed by atoms with E-state index in [2.05, 4.69) is 54.1 Å². The van der Waals surface area contributed by atoms with E-state index in [9.17, 15) is 4.79 Å². The van der Waals surface area contributed by atoms with Gasteiger partial charge in [0.2, 0.25) is 5.82 Å². The molecule has 0 saturated carbocycles. The zero-order valence-electron chi connectivity index (χ0n) is 17.4. The minimum Gasteiger partial charge on any atom is -0.355 e. The van der Waals surface area contributed by atoms with E-state index in [-0.39, 0.29) is 11.7 Å². The third-order valence-corrected chi connectivity index (χ3v) is 5.58. The third kappa shape index (κ3) is 3.80. The van der Waals surface area contributed by atoms with Crippen LogP contribution in [0.4, 0.5) is 5.82 Å². The second kappa shape index (κ2) is 7.79. The van der Waals surface area contributed by atoms with Crippen molar-refractivity contribution in [3.63, 3.8) is 0 Å².